The van der Waals surface area contributed by atoms with Crippen LogP contribution >= 0.6 is 0 Å². The van der Waals surface area contributed by atoms with Crippen molar-refractivity contribution in [3.63, 3.8) is 0 Å². The Morgan fingerprint density at radius 2 is 1.36 bits per heavy atom. The van der Waals surface area contributed by atoms with Gasteiger partial charge in [0.2, 0.25) is 11.2 Å². The second-order valence-electron chi connectivity index (χ2n) is 6.74. The lowest BCUT2D eigenvalue weighted by molar-refractivity contribution is -0.135. The lowest BCUT2D eigenvalue weighted by Gasteiger charge is -2.15. The molecule has 0 aliphatic heterocycles. The summed E-state index contributed by atoms with van der Waals surface area (Å²) in [5.41, 5.74) is -0.129. The van der Waals surface area contributed by atoms with Gasteiger partial charge in [-0.3, -0.25) is 19.2 Å². The van der Waals surface area contributed by atoms with Gasteiger partial charge in [-0.2, -0.15) is 0 Å². The van der Waals surface area contributed by atoms with Crippen LogP contribution in [0, 0.1) is 0 Å². The number of carbonyl (C=O) groups is 3. The average molecular weight is 456 g/mol. The summed E-state index contributed by atoms with van der Waals surface area (Å²) >= 11 is 0. The summed E-state index contributed by atoms with van der Waals surface area (Å²) in [4.78, 5) is 48.6. The minimum absolute atomic E-state index is 0.0624. The van der Waals surface area contributed by atoms with E-state index in [9.17, 15) is 19.2 Å². The van der Waals surface area contributed by atoms with Crippen LogP contribution in [0.3, 0.4) is 0 Å². The van der Waals surface area contributed by atoms with Crippen molar-refractivity contribution in [3.8, 4) is 39.9 Å². The molecule has 0 spiro atoms. The van der Waals surface area contributed by atoms with E-state index in [1.807, 2.05) is 0 Å². The Bertz CT molecular complexity index is 1320. The van der Waals surface area contributed by atoms with Gasteiger partial charge >= 0.3 is 17.9 Å². The minimum atomic E-state index is -0.805. The molecule has 0 bridgehead atoms. The molecule has 1 heterocycles. The van der Waals surface area contributed by atoms with Crippen LogP contribution < -0.4 is 29.1 Å². The fraction of sp³-hybridized carbons (Fsp3) is 0.217. The topological polar surface area (TPSA) is 128 Å². The maximum Gasteiger partial charge on any atom is 0.308 e. The first-order chi connectivity index (χ1) is 15.7. The highest BCUT2D eigenvalue weighted by atomic mass is 16.6. The molecule has 3 rings (SSSR count). The Labute approximate surface area is 187 Å². The Hall–Kier alpha value is -4.34. The number of fused-ring (bicyclic) bond motifs is 1. The molecule has 10 nitrogen and oxygen atoms in total. The molecular formula is C23H20O10. The highest BCUT2D eigenvalue weighted by Crippen LogP contribution is 2.44. The molecule has 1 aromatic heterocycles. The smallest absolute Gasteiger partial charge is 0.308 e. The van der Waals surface area contributed by atoms with E-state index in [-0.39, 0.29) is 22.3 Å². The fourth-order valence-corrected chi connectivity index (χ4v) is 3.13. The molecule has 0 aliphatic carbocycles. The molecule has 172 valence electrons. The van der Waals surface area contributed by atoms with Crippen LogP contribution in [0.2, 0.25) is 0 Å². The molecule has 0 fully saturated rings. The molecule has 0 amide bonds. The number of benzene rings is 2. The lowest BCUT2D eigenvalue weighted by atomic mass is 10.0. The first kappa shape index (κ1) is 23.3. The first-order valence-corrected chi connectivity index (χ1v) is 9.56. The average Bonchev–Trinajstić information content (AvgIpc) is 2.74. The Kier molecular flexibility index (Phi) is 6.67. The minimum Gasteiger partial charge on any atom is -0.493 e. The summed E-state index contributed by atoms with van der Waals surface area (Å²) in [5, 5.41) is -0.190. The number of rotatable bonds is 6. The predicted octanol–water partition coefficient (Wildman–Crippen LogP) is 3.25. The zero-order valence-electron chi connectivity index (χ0n) is 18.5. The highest BCUT2D eigenvalue weighted by molar-refractivity contribution is 5.95. The predicted molar refractivity (Wildman–Crippen MR) is 115 cm³/mol. The molecule has 0 aliphatic rings. The number of hydrogen-bond acceptors (Lipinski definition) is 10. The second kappa shape index (κ2) is 9.43. The summed E-state index contributed by atoms with van der Waals surface area (Å²) < 4.78 is 31.6. The molecule has 0 unspecified atom stereocenters. The van der Waals surface area contributed by atoms with Crippen LogP contribution in [0.1, 0.15) is 20.8 Å². The van der Waals surface area contributed by atoms with Crippen molar-refractivity contribution in [1.29, 1.82) is 0 Å². The van der Waals surface area contributed by atoms with Crippen molar-refractivity contribution >= 4 is 28.9 Å². The monoisotopic (exact) mass is 456 g/mol. The molecule has 0 saturated carbocycles. The largest absolute Gasteiger partial charge is 0.493 e. The maximum absolute atomic E-state index is 13.5. The summed E-state index contributed by atoms with van der Waals surface area (Å²) in [6.07, 6.45) is 1.20. The molecule has 0 N–H and O–H groups in total. The summed E-state index contributed by atoms with van der Waals surface area (Å²) in [6, 6.07) is 5.99. The van der Waals surface area contributed by atoms with Crippen LogP contribution in [0.25, 0.3) is 22.1 Å². The van der Waals surface area contributed by atoms with Crippen LogP contribution in [0.5, 0.6) is 28.7 Å². The Balaban J connectivity index is 2.37. The van der Waals surface area contributed by atoms with E-state index in [0.717, 1.165) is 20.8 Å². The third-order valence-electron chi connectivity index (χ3n) is 4.38. The van der Waals surface area contributed by atoms with Crippen LogP contribution in [0.15, 0.2) is 39.7 Å². The Morgan fingerprint density at radius 3 is 1.94 bits per heavy atom. The van der Waals surface area contributed by atoms with Crippen LogP contribution in [0.4, 0.5) is 0 Å². The van der Waals surface area contributed by atoms with E-state index in [0.29, 0.717) is 17.1 Å². The van der Waals surface area contributed by atoms with E-state index >= 15 is 0 Å². The van der Waals surface area contributed by atoms with Crippen molar-refractivity contribution in [2.45, 2.75) is 20.8 Å². The van der Waals surface area contributed by atoms with Gasteiger partial charge in [0.1, 0.15) is 17.2 Å². The van der Waals surface area contributed by atoms with Gasteiger partial charge in [-0.1, -0.05) is 6.07 Å². The van der Waals surface area contributed by atoms with Crippen molar-refractivity contribution in [2.24, 2.45) is 0 Å². The molecular weight excluding hydrogens is 436 g/mol. The van der Waals surface area contributed by atoms with Gasteiger partial charge in [0.05, 0.1) is 19.8 Å². The quantitative estimate of drug-likeness (QED) is 0.403. The molecule has 0 atom stereocenters. The number of methoxy groups -OCH3 is 2. The van der Waals surface area contributed by atoms with Crippen LogP contribution in [-0.4, -0.2) is 32.1 Å². The molecule has 3 aromatic rings. The molecule has 0 radical (unpaired) electrons. The standard InChI is InChI=1S/C23H20O10/c1-11(24)31-19-9-18-20(23(33-13(3)26)22(19)32-12(2)25)21(27)15(10-30-18)14-6-7-16(28-4)17(8-14)29-5/h6-10H,1-5H3. The van der Waals surface area contributed by atoms with E-state index in [1.54, 1.807) is 18.2 Å². The third-order valence-corrected chi connectivity index (χ3v) is 4.38. The highest BCUT2D eigenvalue weighted by Gasteiger charge is 2.26. The summed E-state index contributed by atoms with van der Waals surface area (Å²) in [7, 11) is 2.93. The van der Waals surface area contributed by atoms with Crippen molar-refractivity contribution in [1.82, 2.24) is 0 Å². The molecule has 33 heavy (non-hydrogen) atoms. The van der Waals surface area contributed by atoms with E-state index < -0.39 is 34.8 Å². The first-order valence-electron chi connectivity index (χ1n) is 9.56. The third kappa shape index (κ3) is 4.79. The zero-order chi connectivity index (χ0) is 24.3. The lowest BCUT2D eigenvalue weighted by Crippen LogP contribution is -2.14. The zero-order valence-corrected chi connectivity index (χ0v) is 18.5. The number of ether oxygens (including phenoxy) is 5. The van der Waals surface area contributed by atoms with Crippen molar-refractivity contribution < 1.29 is 42.5 Å². The SMILES string of the molecule is COc1ccc(-c2coc3cc(OC(C)=O)c(OC(C)=O)c(OC(C)=O)c3c2=O)cc1OC. The van der Waals surface area contributed by atoms with Gasteiger partial charge in [-0.15, -0.1) is 0 Å². The number of esters is 3. The van der Waals surface area contributed by atoms with Gasteiger partial charge in [0.25, 0.3) is 0 Å². The fourth-order valence-electron chi connectivity index (χ4n) is 3.13. The summed E-state index contributed by atoms with van der Waals surface area (Å²) in [6.45, 7) is 3.33. The van der Waals surface area contributed by atoms with Crippen LogP contribution in [-0.2, 0) is 14.4 Å². The van der Waals surface area contributed by atoms with E-state index in [4.69, 9.17) is 28.1 Å². The van der Waals surface area contributed by atoms with Gasteiger partial charge in [0.15, 0.2) is 23.0 Å². The molecule has 0 saturated heterocycles. The molecule has 10 heteroatoms. The normalized spacial score (nSPS) is 10.5. The van der Waals surface area contributed by atoms with Crippen molar-refractivity contribution in [3.05, 3.63) is 40.8 Å². The molecule has 2 aromatic carbocycles. The number of carbonyl (C=O) groups excluding carboxylic acids is 3. The second-order valence-corrected chi connectivity index (χ2v) is 6.74. The van der Waals surface area contributed by atoms with Gasteiger partial charge in [-0.05, 0) is 17.7 Å². The van der Waals surface area contributed by atoms with Gasteiger partial charge in [0, 0.05) is 26.8 Å². The van der Waals surface area contributed by atoms with E-state index in [2.05, 4.69) is 0 Å². The van der Waals surface area contributed by atoms with Crippen molar-refractivity contribution in [2.75, 3.05) is 14.2 Å². The number of hydrogen-bond donors (Lipinski definition) is 0. The van der Waals surface area contributed by atoms with Gasteiger partial charge < -0.3 is 28.1 Å². The van der Waals surface area contributed by atoms with Gasteiger partial charge in [-0.25, -0.2) is 0 Å². The summed E-state index contributed by atoms with van der Waals surface area (Å²) in [5.74, 6) is -2.59. The maximum atomic E-state index is 13.5. The Morgan fingerprint density at radius 1 is 0.758 bits per heavy atom. The van der Waals surface area contributed by atoms with E-state index in [1.165, 1.54) is 26.5 Å².